The van der Waals surface area contributed by atoms with Crippen LogP contribution in [0.15, 0.2) is 10.7 Å². The molecule has 0 saturated carbocycles. The molecule has 2 rings (SSSR count). The van der Waals surface area contributed by atoms with Crippen molar-refractivity contribution < 1.29 is 0 Å². The molecule has 1 N–H and O–H groups in total. The summed E-state index contributed by atoms with van der Waals surface area (Å²) in [5.41, 5.74) is 0.487. The summed E-state index contributed by atoms with van der Waals surface area (Å²) in [6.07, 6.45) is 1.48. The Balaban J connectivity index is 2.57. The highest BCUT2D eigenvalue weighted by Gasteiger charge is 2.11. The van der Waals surface area contributed by atoms with Crippen LogP contribution in [0.3, 0.4) is 0 Å². The second-order valence-corrected chi connectivity index (χ2v) is 3.81. The van der Waals surface area contributed by atoms with E-state index in [1.165, 1.54) is 6.20 Å². The predicted octanol–water partition coefficient (Wildman–Crippen LogP) is 2.33. The van der Waals surface area contributed by atoms with Crippen molar-refractivity contribution in [3.63, 3.8) is 0 Å². The minimum atomic E-state index is 0.239. The van der Waals surface area contributed by atoms with E-state index >= 15 is 0 Å². The summed E-state index contributed by atoms with van der Waals surface area (Å²) in [6, 6.07) is 0. The van der Waals surface area contributed by atoms with E-state index in [9.17, 15) is 0 Å². The van der Waals surface area contributed by atoms with Gasteiger partial charge < -0.3 is 0 Å². The van der Waals surface area contributed by atoms with Crippen LogP contribution in [0.4, 0.5) is 0 Å². The fourth-order valence-corrected chi connectivity index (χ4v) is 1.38. The van der Waals surface area contributed by atoms with E-state index < -0.39 is 0 Å². The normalized spacial score (nSPS) is 10.5. The Morgan fingerprint density at radius 1 is 1.21 bits per heavy atom. The third-order valence-electron chi connectivity index (χ3n) is 1.41. The van der Waals surface area contributed by atoms with Crippen molar-refractivity contribution in [3.05, 3.63) is 21.0 Å². The number of aromatic nitrogens is 5. The standard InChI is InChI=1S/C6H2BrCl2N5/c7-3-4(8)11-6(12-5(3)9)2-1-10-14-13-2/h1H,(H,10,13,14). The molecule has 72 valence electrons. The lowest BCUT2D eigenvalue weighted by molar-refractivity contribution is 0.938. The molecule has 0 aliphatic heterocycles. The van der Waals surface area contributed by atoms with Gasteiger partial charge >= 0.3 is 0 Å². The van der Waals surface area contributed by atoms with Crippen molar-refractivity contribution in [1.29, 1.82) is 0 Å². The Morgan fingerprint density at radius 2 is 1.86 bits per heavy atom. The number of nitrogens with one attached hydrogen (secondary N) is 1. The van der Waals surface area contributed by atoms with Crippen LogP contribution in [-0.4, -0.2) is 25.4 Å². The van der Waals surface area contributed by atoms with E-state index in [1.54, 1.807) is 0 Å². The zero-order chi connectivity index (χ0) is 10.1. The van der Waals surface area contributed by atoms with E-state index in [4.69, 9.17) is 23.2 Å². The molecule has 0 unspecified atom stereocenters. The molecular formula is C6H2BrCl2N5. The Kier molecular flexibility index (Phi) is 2.66. The maximum atomic E-state index is 5.80. The highest BCUT2D eigenvalue weighted by Crippen LogP contribution is 2.28. The van der Waals surface area contributed by atoms with Gasteiger partial charge in [0.05, 0.1) is 10.7 Å². The second kappa shape index (κ2) is 3.80. The maximum Gasteiger partial charge on any atom is 0.184 e. The Hall–Kier alpha value is -0.720. The van der Waals surface area contributed by atoms with Gasteiger partial charge in [0.1, 0.15) is 16.0 Å². The number of hydrogen-bond donors (Lipinski definition) is 1. The summed E-state index contributed by atoms with van der Waals surface area (Å²) in [6.45, 7) is 0. The lowest BCUT2D eigenvalue weighted by Crippen LogP contribution is -1.92. The van der Waals surface area contributed by atoms with Gasteiger partial charge in [0.25, 0.3) is 0 Å². The Labute approximate surface area is 97.0 Å². The van der Waals surface area contributed by atoms with Gasteiger partial charge in [-0.1, -0.05) is 23.2 Å². The van der Waals surface area contributed by atoms with Crippen LogP contribution in [0.2, 0.25) is 10.3 Å². The van der Waals surface area contributed by atoms with Crippen molar-refractivity contribution in [1.82, 2.24) is 25.4 Å². The van der Waals surface area contributed by atoms with Crippen LogP contribution < -0.4 is 0 Å². The molecular weight excluding hydrogens is 293 g/mol. The van der Waals surface area contributed by atoms with E-state index in [-0.39, 0.29) is 10.3 Å². The summed E-state index contributed by atoms with van der Waals surface area (Å²) in [7, 11) is 0. The molecule has 0 bridgehead atoms. The molecule has 0 spiro atoms. The van der Waals surface area contributed by atoms with Crippen LogP contribution in [0, 0.1) is 0 Å². The van der Waals surface area contributed by atoms with Gasteiger partial charge in [-0.25, -0.2) is 9.97 Å². The monoisotopic (exact) mass is 293 g/mol. The number of hydrogen-bond acceptors (Lipinski definition) is 4. The summed E-state index contributed by atoms with van der Waals surface area (Å²) in [5, 5.41) is 10.4. The van der Waals surface area contributed by atoms with Gasteiger partial charge in [0.2, 0.25) is 0 Å². The lowest BCUT2D eigenvalue weighted by Gasteiger charge is -1.99. The quantitative estimate of drug-likeness (QED) is 0.820. The minimum Gasteiger partial charge on any atom is -0.213 e. The van der Waals surface area contributed by atoms with Gasteiger partial charge in [-0.3, -0.25) is 0 Å². The first kappa shape index (κ1) is 9.82. The first-order valence-electron chi connectivity index (χ1n) is 3.43. The van der Waals surface area contributed by atoms with Gasteiger partial charge in [0, 0.05) is 0 Å². The molecule has 0 saturated heterocycles. The second-order valence-electron chi connectivity index (χ2n) is 2.30. The minimum absolute atomic E-state index is 0.239. The number of rotatable bonds is 1. The van der Waals surface area contributed by atoms with E-state index in [1.807, 2.05) is 0 Å². The van der Waals surface area contributed by atoms with Gasteiger partial charge in [-0.15, -0.1) is 0 Å². The summed E-state index contributed by atoms with van der Waals surface area (Å²) in [5.74, 6) is 0.331. The molecule has 2 heterocycles. The van der Waals surface area contributed by atoms with Gasteiger partial charge in [-0.2, -0.15) is 15.4 Å². The molecule has 0 fully saturated rings. The summed E-state index contributed by atoms with van der Waals surface area (Å²) in [4.78, 5) is 7.95. The first-order valence-corrected chi connectivity index (χ1v) is 4.98. The number of aromatic amines is 1. The largest absolute Gasteiger partial charge is 0.213 e. The van der Waals surface area contributed by atoms with Crippen molar-refractivity contribution in [2.75, 3.05) is 0 Å². The van der Waals surface area contributed by atoms with Gasteiger partial charge in [-0.05, 0) is 15.9 Å². The molecule has 8 heteroatoms. The number of H-pyrrole nitrogens is 1. The highest BCUT2D eigenvalue weighted by atomic mass is 79.9. The topological polar surface area (TPSA) is 67.3 Å². The zero-order valence-corrected chi connectivity index (χ0v) is 9.60. The number of halogens is 3. The van der Waals surface area contributed by atoms with Crippen molar-refractivity contribution >= 4 is 39.1 Å². The van der Waals surface area contributed by atoms with Crippen LogP contribution >= 0.6 is 39.1 Å². The molecule has 14 heavy (non-hydrogen) atoms. The Morgan fingerprint density at radius 3 is 2.36 bits per heavy atom. The fraction of sp³-hybridized carbons (Fsp3) is 0. The zero-order valence-electron chi connectivity index (χ0n) is 6.50. The smallest absolute Gasteiger partial charge is 0.184 e. The molecule has 0 radical (unpaired) electrons. The SMILES string of the molecule is Clc1nc(-c2cn[nH]n2)nc(Cl)c1Br. The van der Waals surface area contributed by atoms with E-state index in [0.717, 1.165) is 0 Å². The molecule has 5 nitrogen and oxygen atoms in total. The third kappa shape index (κ3) is 1.73. The average Bonchev–Trinajstić information content (AvgIpc) is 2.66. The fourth-order valence-electron chi connectivity index (χ4n) is 0.818. The highest BCUT2D eigenvalue weighted by molar-refractivity contribution is 9.10. The third-order valence-corrected chi connectivity index (χ3v) is 3.17. The molecule has 2 aromatic heterocycles. The molecule has 2 aromatic rings. The summed E-state index contributed by atoms with van der Waals surface area (Å²) >= 11 is 14.7. The predicted molar refractivity (Wildman–Crippen MR) is 55.1 cm³/mol. The van der Waals surface area contributed by atoms with Crippen LogP contribution in [0.25, 0.3) is 11.5 Å². The van der Waals surface area contributed by atoms with Crippen molar-refractivity contribution in [2.24, 2.45) is 0 Å². The molecule has 0 aliphatic rings. The molecule has 0 aliphatic carbocycles. The average molecular weight is 295 g/mol. The molecule has 0 amide bonds. The van der Waals surface area contributed by atoms with Gasteiger partial charge in [0.15, 0.2) is 5.82 Å². The van der Waals surface area contributed by atoms with Crippen LogP contribution in [-0.2, 0) is 0 Å². The molecule has 0 atom stereocenters. The van der Waals surface area contributed by atoms with Crippen LogP contribution in [0.5, 0.6) is 0 Å². The van der Waals surface area contributed by atoms with Crippen LogP contribution in [0.1, 0.15) is 0 Å². The van der Waals surface area contributed by atoms with Crippen molar-refractivity contribution in [2.45, 2.75) is 0 Å². The number of nitrogens with zero attached hydrogens (tertiary/aromatic N) is 4. The Bertz CT molecular complexity index is 434. The van der Waals surface area contributed by atoms with Crippen molar-refractivity contribution in [3.8, 4) is 11.5 Å². The first-order chi connectivity index (χ1) is 6.68. The van der Waals surface area contributed by atoms with E-state index in [0.29, 0.717) is 16.0 Å². The maximum absolute atomic E-state index is 5.80. The molecule has 0 aromatic carbocycles. The summed E-state index contributed by atoms with van der Waals surface area (Å²) < 4.78 is 0.466. The van der Waals surface area contributed by atoms with E-state index in [2.05, 4.69) is 41.3 Å². The lowest BCUT2D eigenvalue weighted by atomic mass is 10.4.